The first-order chi connectivity index (χ1) is 8.69. The Kier molecular flexibility index (Phi) is 4.18. The van der Waals surface area contributed by atoms with Crippen LogP contribution in [0.4, 0.5) is 0 Å². The zero-order chi connectivity index (χ0) is 13.0. The van der Waals surface area contributed by atoms with Gasteiger partial charge in [-0.15, -0.1) is 0 Å². The van der Waals surface area contributed by atoms with Crippen molar-refractivity contribution in [2.75, 3.05) is 0 Å². The molecule has 0 fully saturated rings. The maximum Gasteiger partial charge on any atom is 0.130 e. The number of hydrogen-bond acceptors (Lipinski definition) is 3. The first-order valence-electron chi connectivity index (χ1n) is 5.72. The lowest BCUT2D eigenvalue weighted by Crippen LogP contribution is -2.01. The highest BCUT2D eigenvalue weighted by Gasteiger charge is 2.00. The highest BCUT2D eigenvalue weighted by molar-refractivity contribution is 6.31. The van der Waals surface area contributed by atoms with Gasteiger partial charge in [0, 0.05) is 17.8 Å². The van der Waals surface area contributed by atoms with Crippen LogP contribution in [0.25, 0.3) is 0 Å². The molecule has 0 unspecified atom stereocenters. The summed E-state index contributed by atoms with van der Waals surface area (Å²) in [5.74, 6) is 0.793. The zero-order valence-corrected chi connectivity index (χ0v) is 10.9. The summed E-state index contributed by atoms with van der Waals surface area (Å²) < 4.78 is 5.65. The quantitative estimate of drug-likeness (QED) is 0.921. The number of pyridine rings is 1. The largest absolute Gasteiger partial charge is 0.487 e. The van der Waals surface area contributed by atoms with E-state index in [9.17, 15) is 0 Å². The van der Waals surface area contributed by atoms with E-state index in [0.29, 0.717) is 13.2 Å². The van der Waals surface area contributed by atoms with Gasteiger partial charge < -0.3 is 10.5 Å². The molecular weight excluding hydrogens is 248 g/mol. The van der Waals surface area contributed by atoms with E-state index < -0.39 is 0 Å². The van der Waals surface area contributed by atoms with Crippen molar-refractivity contribution >= 4 is 11.6 Å². The third kappa shape index (κ3) is 3.22. The third-order valence-electron chi connectivity index (χ3n) is 2.64. The van der Waals surface area contributed by atoms with Crippen LogP contribution in [0.1, 0.15) is 16.8 Å². The molecule has 2 N–H and O–H groups in total. The predicted octanol–water partition coefficient (Wildman–Crippen LogP) is 3.08. The third-order valence-corrected chi connectivity index (χ3v) is 3.06. The van der Waals surface area contributed by atoms with Crippen LogP contribution in [-0.4, -0.2) is 4.98 Å². The van der Waals surface area contributed by atoms with Gasteiger partial charge in [0.1, 0.15) is 12.4 Å². The molecule has 0 aliphatic rings. The van der Waals surface area contributed by atoms with Crippen LogP contribution in [0.15, 0.2) is 36.5 Å². The molecule has 0 atom stereocenters. The molecular formula is C14H15ClN2O. The predicted molar refractivity (Wildman–Crippen MR) is 72.6 cm³/mol. The highest BCUT2D eigenvalue weighted by Crippen LogP contribution is 2.21. The Labute approximate surface area is 112 Å². The van der Waals surface area contributed by atoms with Gasteiger partial charge in [-0.2, -0.15) is 0 Å². The maximum absolute atomic E-state index is 5.95. The van der Waals surface area contributed by atoms with E-state index in [4.69, 9.17) is 22.1 Å². The smallest absolute Gasteiger partial charge is 0.130 e. The van der Waals surface area contributed by atoms with Crippen molar-refractivity contribution in [3.8, 4) is 5.75 Å². The van der Waals surface area contributed by atoms with Gasteiger partial charge in [0.2, 0.25) is 0 Å². The molecule has 2 rings (SSSR count). The minimum atomic E-state index is 0.436. The molecule has 0 bridgehead atoms. The summed E-state index contributed by atoms with van der Waals surface area (Å²) in [7, 11) is 0. The summed E-state index contributed by atoms with van der Waals surface area (Å²) in [5, 5.41) is 0.743. The molecule has 1 aromatic carbocycles. The number of halogens is 1. The highest BCUT2D eigenvalue weighted by atomic mass is 35.5. The van der Waals surface area contributed by atoms with Gasteiger partial charge in [-0.1, -0.05) is 17.7 Å². The molecule has 0 radical (unpaired) electrons. The van der Waals surface area contributed by atoms with Crippen molar-refractivity contribution < 1.29 is 4.74 Å². The van der Waals surface area contributed by atoms with E-state index in [2.05, 4.69) is 4.98 Å². The molecule has 0 saturated heterocycles. The van der Waals surface area contributed by atoms with Crippen molar-refractivity contribution in [1.82, 2.24) is 4.98 Å². The summed E-state index contributed by atoms with van der Waals surface area (Å²) in [5.41, 5.74) is 8.40. The molecule has 94 valence electrons. The fourth-order valence-corrected chi connectivity index (χ4v) is 1.64. The standard InChI is InChI=1S/C14H15ClN2O/c1-10-6-13(4-5-14(10)15)18-9-12-3-2-11(7-16)8-17-12/h2-6,8H,7,9,16H2,1H3. The minimum absolute atomic E-state index is 0.436. The van der Waals surface area contributed by atoms with Crippen molar-refractivity contribution in [1.29, 1.82) is 0 Å². The summed E-state index contributed by atoms with van der Waals surface area (Å²) in [6.45, 7) is 2.89. The van der Waals surface area contributed by atoms with Gasteiger partial charge in [0.25, 0.3) is 0 Å². The summed E-state index contributed by atoms with van der Waals surface area (Å²) in [6, 6.07) is 9.47. The molecule has 18 heavy (non-hydrogen) atoms. The van der Waals surface area contributed by atoms with Crippen LogP contribution in [0.2, 0.25) is 5.02 Å². The first-order valence-corrected chi connectivity index (χ1v) is 6.09. The van der Waals surface area contributed by atoms with Crippen LogP contribution in [0.3, 0.4) is 0 Å². The normalized spacial score (nSPS) is 10.4. The number of benzene rings is 1. The lowest BCUT2D eigenvalue weighted by molar-refractivity contribution is 0.301. The Balaban J connectivity index is 1.99. The topological polar surface area (TPSA) is 48.1 Å². The molecule has 0 aliphatic heterocycles. The molecule has 0 saturated carbocycles. The van der Waals surface area contributed by atoms with E-state index >= 15 is 0 Å². The maximum atomic E-state index is 5.95. The second-order valence-electron chi connectivity index (χ2n) is 4.06. The fourth-order valence-electron chi connectivity index (χ4n) is 1.53. The van der Waals surface area contributed by atoms with E-state index in [1.54, 1.807) is 6.20 Å². The van der Waals surface area contributed by atoms with Gasteiger partial charge in [0.05, 0.1) is 5.69 Å². The van der Waals surface area contributed by atoms with Crippen molar-refractivity contribution in [3.05, 3.63) is 58.4 Å². The SMILES string of the molecule is Cc1cc(OCc2ccc(CN)cn2)ccc1Cl. The van der Waals surface area contributed by atoms with Crippen molar-refractivity contribution in [2.24, 2.45) is 5.73 Å². The molecule has 0 spiro atoms. The van der Waals surface area contributed by atoms with Gasteiger partial charge in [-0.05, 0) is 42.3 Å². The number of ether oxygens (including phenoxy) is 1. The fraction of sp³-hybridized carbons (Fsp3) is 0.214. The Morgan fingerprint density at radius 1 is 1.28 bits per heavy atom. The average Bonchev–Trinajstić information content (AvgIpc) is 2.41. The van der Waals surface area contributed by atoms with E-state index in [-0.39, 0.29) is 0 Å². The van der Waals surface area contributed by atoms with Crippen LogP contribution in [0, 0.1) is 6.92 Å². The lowest BCUT2D eigenvalue weighted by Gasteiger charge is -2.07. The number of aromatic nitrogens is 1. The van der Waals surface area contributed by atoms with Crippen LogP contribution < -0.4 is 10.5 Å². The lowest BCUT2D eigenvalue weighted by atomic mass is 10.2. The second-order valence-corrected chi connectivity index (χ2v) is 4.47. The van der Waals surface area contributed by atoms with Crippen LogP contribution in [-0.2, 0) is 13.2 Å². The first kappa shape index (κ1) is 12.9. The Hall–Kier alpha value is -1.58. The van der Waals surface area contributed by atoms with E-state index in [1.165, 1.54) is 0 Å². The average molecular weight is 263 g/mol. The van der Waals surface area contributed by atoms with Crippen LogP contribution in [0.5, 0.6) is 5.75 Å². The molecule has 0 amide bonds. The molecule has 0 aliphatic carbocycles. The number of hydrogen-bond donors (Lipinski definition) is 1. The van der Waals surface area contributed by atoms with Crippen LogP contribution >= 0.6 is 11.6 Å². The molecule has 1 heterocycles. The van der Waals surface area contributed by atoms with E-state index in [1.807, 2.05) is 37.3 Å². The Morgan fingerprint density at radius 2 is 2.11 bits per heavy atom. The monoisotopic (exact) mass is 262 g/mol. The number of rotatable bonds is 4. The number of aryl methyl sites for hydroxylation is 1. The van der Waals surface area contributed by atoms with Crippen molar-refractivity contribution in [2.45, 2.75) is 20.1 Å². The van der Waals surface area contributed by atoms with Gasteiger partial charge in [0.15, 0.2) is 0 Å². The zero-order valence-electron chi connectivity index (χ0n) is 10.2. The second kappa shape index (κ2) is 5.85. The summed E-state index contributed by atoms with van der Waals surface area (Å²) in [6.07, 6.45) is 1.77. The minimum Gasteiger partial charge on any atom is -0.487 e. The molecule has 3 nitrogen and oxygen atoms in total. The molecule has 1 aromatic heterocycles. The summed E-state index contributed by atoms with van der Waals surface area (Å²) >= 11 is 5.95. The van der Waals surface area contributed by atoms with E-state index in [0.717, 1.165) is 27.6 Å². The van der Waals surface area contributed by atoms with Gasteiger partial charge in [-0.3, -0.25) is 4.98 Å². The van der Waals surface area contributed by atoms with Crippen molar-refractivity contribution in [3.63, 3.8) is 0 Å². The van der Waals surface area contributed by atoms with Gasteiger partial charge >= 0.3 is 0 Å². The number of nitrogens with two attached hydrogens (primary N) is 1. The number of nitrogens with zero attached hydrogens (tertiary/aromatic N) is 1. The Morgan fingerprint density at radius 3 is 2.72 bits per heavy atom. The molecule has 2 aromatic rings. The summed E-state index contributed by atoms with van der Waals surface area (Å²) in [4.78, 5) is 4.27. The Bertz CT molecular complexity index is 526. The molecule has 4 heteroatoms. The van der Waals surface area contributed by atoms with Gasteiger partial charge in [-0.25, -0.2) is 0 Å².